The van der Waals surface area contributed by atoms with Crippen LogP contribution in [0.2, 0.25) is 0 Å². The van der Waals surface area contributed by atoms with Crippen molar-refractivity contribution in [2.75, 3.05) is 26.2 Å². The second-order valence-electron chi connectivity index (χ2n) is 7.53. The zero-order chi connectivity index (χ0) is 17.9. The molecule has 1 aromatic heterocycles. The minimum atomic E-state index is 0.258. The maximum Gasteiger partial charge on any atom is 0.224 e. The van der Waals surface area contributed by atoms with Crippen LogP contribution in [0.4, 0.5) is 0 Å². The summed E-state index contributed by atoms with van der Waals surface area (Å²) in [5, 5.41) is 4.26. The Morgan fingerprint density at radius 1 is 1.12 bits per heavy atom. The van der Waals surface area contributed by atoms with Crippen LogP contribution in [0.1, 0.15) is 29.7 Å². The van der Waals surface area contributed by atoms with Crippen LogP contribution >= 0.6 is 0 Å². The van der Waals surface area contributed by atoms with Crippen molar-refractivity contribution in [1.82, 2.24) is 19.6 Å². The Kier molecular flexibility index (Phi) is 5.07. The molecule has 0 saturated carbocycles. The lowest BCUT2D eigenvalue weighted by Crippen LogP contribution is -2.53. The number of piperazine rings is 1. The SMILES string of the molecule is Cc1ccnn1CCC(=O)N1CCN([C@@H]2CCc3ccccc3C2)CC1. The van der Waals surface area contributed by atoms with E-state index < -0.39 is 0 Å². The van der Waals surface area contributed by atoms with E-state index in [0.717, 1.165) is 38.3 Å². The number of aromatic nitrogens is 2. The van der Waals surface area contributed by atoms with Crippen LogP contribution in [0.15, 0.2) is 36.5 Å². The highest BCUT2D eigenvalue weighted by Gasteiger charge is 2.28. The maximum absolute atomic E-state index is 12.5. The largest absolute Gasteiger partial charge is 0.340 e. The lowest BCUT2D eigenvalue weighted by atomic mass is 9.87. The Morgan fingerprint density at radius 2 is 1.88 bits per heavy atom. The molecule has 26 heavy (non-hydrogen) atoms. The first-order valence-electron chi connectivity index (χ1n) is 9.78. The molecule has 1 saturated heterocycles. The fourth-order valence-corrected chi connectivity index (χ4v) is 4.32. The minimum absolute atomic E-state index is 0.258. The summed E-state index contributed by atoms with van der Waals surface area (Å²) in [5.41, 5.74) is 4.14. The molecule has 4 rings (SSSR count). The van der Waals surface area contributed by atoms with Crippen molar-refractivity contribution < 1.29 is 4.79 Å². The van der Waals surface area contributed by atoms with E-state index in [4.69, 9.17) is 0 Å². The van der Waals surface area contributed by atoms with Crippen molar-refractivity contribution in [1.29, 1.82) is 0 Å². The van der Waals surface area contributed by atoms with Gasteiger partial charge in [-0.3, -0.25) is 14.4 Å². The lowest BCUT2D eigenvalue weighted by Gasteiger charge is -2.41. The van der Waals surface area contributed by atoms with Crippen LogP contribution in [-0.4, -0.2) is 57.7 Å². The Balaban J connectivity index is 1.26. The Bertz CT molecular complexity index is 761. The molecule has 138 valence electrons. The molecule has 0 spiro atoms. The van der Waals surface area contributed by atoms with Gasteiger partial charge in [0, 0.05) is 57.1 Å². The zero-order valence-corrected chi connectivity index (χ0v) is 15.6. The smallest absolute Gasteiger partial charge is 0.224 e. The molecule has 1 aromatic carbocycles. The van der Waals surface area contributed by atoms with Crippen molar-refractivity contribution in [3.63, 3.8) is 0 Å². The lowest BCUT2D eigenvalue weighted by molar-refractivity contribution is -0.133. The molecular weight excluding hydrogens is 324 g/mol. The molecule has 0 N–H and O–H groups in total. The Morgan fingerprint density at radius 3 is 2.62 bits per heavy atom. The van der Waals surface area contributed by atoms with Crippen molar-refractivity contribution in [3.05, 3.63) is 53.3 Å². The van der Waals surface area contributed by atoms with E-state index in [1.807, 2.05) is 22.6 Å². The number of benzene rings is 1. The average Bonchev–Trinajstić information content (AvgIpc) is 3.10. The number of nitrogens with zero attached hydrogens (tertiary/aromatic N) is 4. The van der Waals surface area contributed by atoms with Crippen molar-refractivity contribution in [3.8, 4) is 0 Å². The maximum atomic E-state index is 12.5. The number of amides is 1. The van der Waals surface area contributed by atoms with Gasteiger partial charge < -0.3 is 4.90 Å². The number of carbonyl (C=O) groups is 1. The van der Waals surface area contributed by atoms with Gasteiger partial charge in [-0.05, 0) is 43.4 Å². The summed E-state index contributed by atoms with van der Waals surface area (Å²) in [4.78, 5) is 17.1. The van der Waals surface area contributed by atoms with E-state index in [0.29, 0.717) is 19.0 Å². The molecule has 0 bridgehead atoms. The van der Waals surface area contributed by atoms with Gasteiger partial charge in [0.15, 0.2) is 0 Å². The van der Waals surface area contributed by atoms with E-state index >= 15 is 0 Å². The highest BCUT2D eigenvalue weighted by Crippen LogP contribution is 2.25. The fraction of sp³-hybridized carbons (Fsp3) is 0.524. The Labute approximate surface area is 155 Å². The molecule has 1 aliphatic heterocycles. The van der Waals surface area contributed by atoms with Crippen molar-refractivity contribution in [2.45, 2.75) is 45.2 Å². The normalized spacial score (nSPS) is 20.8. The summed E-state index contributed by atoms with van der Waals surface area (Å²) in [6, 6.07) is 11.5. The van der Waals surface area contributed by atoms with E-state index in [9.17, 15) is 4.79 Å². The zero-order valence-electron chi connectivity index (χ0n) is 15.6. The quantitative estimate of drug-likeness (QED) is 0.848. The molecule has 2 heterocycles. The number of fused-ring (bicyclic) bond motifs is 1. The van der Waals surface area contributed by atoms with E-state index in [1.54, 1.807) is 6.20 Å². The van der Waals surface area contributed by atoms with Crippen LogP contribution in [-0.2, 0) is 24.2 Å². The van der Waals surface area contributed by atoms with E-state index in [-0.39, 0.29) is 5.91 Å². The molecule has 1 aliphatic carbocycles. The summed E-state index contributed by atoms with van der Waals surface area (Å²) >= 11 is 0. The number of rotatable bonds is 4. The van der Waals surface area contributed by atoms with Gasteiger partial charge in [0.2, 0.25) is 5.91 Å². The topological polar surface area (TPSA) is 41.4 Å². The van der Waals surface area contributed by atoms with Crippen LogP contribution in [0, 0.1) is 6.92 Å². The van der Waals surface area contributed by atoms with Crippen LogP contribution < -0.4 is 0 Å². The van der Waals surface area contributed by atoms with E-state index in [1.165, 1.54) is 24.0 Å². The van der Waals surface area contributed by atoms with Gasteiger partial charge in [-0.15, -0.1) is 0 Å². The standard InChI is InChI=1S/C21H28N4O/c1-17-8-10-22-25(17)11-9-21(26)24-14-12-23(13-15-24)20-7-6-18-4-2-3-5-19(18)16-20/h2-5,8,10,20H,6-7,9,11-16H2,1H3/t20-/m1/s1. The Hall–Kier alpha value is -2.14. The number of hydrogen-bond acceptors (Lipinski definition) is 3. The fourth-order valence-electron chi connectivity index (χ4n) is 4.32. The summed E-state index contributed by atoms with van der Waals surface area (Å²) in [6.07, 6.45) is 5.91. The predicted octanol–water partition coefficient (Wildman–Crippen LogP) is 2.28. The van der Waals surface area contributed by atoms with Crippen molar-refractivity contribution in [2.24, 2.45) is 0 Å². The second-order valence-corrected chi connectivity index (χ2v) is 7.53. The van der Waals surface area contributed by atoms with E-state index in [2.05, 4.69) is 34.3 Å². The minimum Gasteiger partial charge on any atom is -0.340 e. The molecule has 0 unspecified atom stereocenters. The van der Waals surface area contributed by atoms with Gasteiger partial charge >= 0.3 is 0 Å². The van der Waals surface area contributed by atoms with Gasteiger partial charge in [0.05, 0.1) is 0 Å². The van der Waals surface area contributed by atoms with Crippen LogP contribution in [0.5, 0.6) is 0 Å². The first kappa shape index (κ1) is 17.3. The number of aryl methyl sites for hydroxylation is 3. The molecule has 1 amide bonds. The monoisotopic (exact) mass is 352 g/mol. The molecule has 1 fully saturated rings. The van der Waals surface area contributed by atoms with Gasteiger partial charge in [0.1, 0.15) is 0 Å². The summed E-state index contributed by atoms with van der Waals surface area (Å²) < 4.78 is 1.91. The number of carbonyl (C=O) groups excluding carboxylic acids is 1. The highest BCUT2D eigenvalue weighted by atomic mass is 16.2. The molecule has 5 heteroatoms. The molecule has 2 aromatic rings. The highest BCUT2D eigenvalue weighted by molar-refractivity contribution is 5.76. The summed E-state index contributed by atoms with van der Waals surface area (Å²) in [7, 11) is 0. The third kappa shape index (κ3) is 3.68. The summed E-state index contributed by atoms with van der Waals surface area (Å²) in [6.45, 7) is 6.42. The van der Waals surface area contributed by atoms with Gasteiger partial charge in [0.25, 0.3) is 0 Å². The van der Waals surface area contributed by atoms with Gasteiger partial charge in [-0.2, -0.15) is 5.10 Å². The molecule has 5 nitrogen and oxygen atoms in total. The molecular formula is C21H28N4O. The second kappa shape index (κ2) is 7.62. The van der Waals surface area contributed by atoms with Crippen LogP contribution in [0.3, 0.4) is 0 Å². The molecule has 1 atom stereocenters. The van der Waals surface area contributed by atoms with Gasteiger partial charge in [-0.25, -0.2) is 0 Å². The molecule has 2 aliphatic rings. The van der Waals surface area contributed by atoms with Crippen molar-refractivity contribution >= 4 is 5.91 Å². The predicted molar refractivity (Wildman–Crippen MR) is 102 cm³/mol. The third-order valence-corrected chi connectivity index (χ3v) is 5.97. The first-order chi connectivity index (χ1) is 12.7. The third-order valence-electron chi connectivity index (χ3n) is 5.97. The first-order valence-corrected chi connectivity index (χ1v) is 9.78. The summed E-state index contributed by atoms with van der Waals surface area (Å²) in [5.74, 6) is 0.258. The average molecular weight is 352 g/mol. The van der Waals surface area contributed by atoms with Gasteiger partial charge in [-0.1, -0.05) is 24.3 Å². The van der Waals surface area contributed by atoms with Crippen LogP contribution in [0.25, 0.3) is 0 Å². The number of hydrogen-bond donors (Lipinski definition) is 0. The molecule has 0 radical (unpaired) electrons.